The van der Waals surface area contributed by atoms with Crippen LogP contribution in [0.25, 0.3) is 16.2 Å². The Hall–Kier alpha value is -1.02. The van der Waals surface area contributed by atoms with Gasteiger partial charge in [-0.3, -0.25) is 0 Å². The molecule has 0 saturated heterocycles. The fraction of sp³-hybridized carbons (Fsp3) is 0. The largest absolute Gasteiger partial charge is 0.251 e. The van der Waals surface area contributed by atoms with E-state index in [0.717, 1.165) is 13.8 Å². The minimum absolute atomic E-state index is 0.618. The van der Waals surface area contributed by atoms with Crippen molar-refractivity contribution in [3.05, 3.63) is 33.6 Å². The Labute approximate surface area is 103 Å². The first-order chi connectivity index (χ1) is 7.33. The van der Waals surface area contributed by atoms with Gasteiger partial charge in [0.05, 0.1) is 9.77 Å². The van der Waals surface area contributed by atoms with E-state index in [9.17, 15) is 0 Å². The van der Waals surface area contributed by atoms with E-state index in [0.29, 0.717) is 5.95 Å². The Kier molecular flexibility index (Phi) is 2.17. The molecule has 3 rings (SSSR count). The van der Waals surface area contributed by atoms with Crippen LogP contribution in [0, 0.1) is 3.57 Å². The maximum Gasteiger partial charge on any atom is 0.251 e. The van der Waals surface area contributed by atoms with Crippen molar-refractivity contribution in [2.24, 2.45) is 0 Å². The lowest BCUT2D eigenvalue weighted by Gasteiger charge is -1.97. The molecule has 3 aromatic heterocycles. The second-order valence-electron chi connectivity index (χ2n) is 2.95. The van der Waals surface area contributed by atoms with Gasteiger partial charge in [-0.1, -0.05) is 0 Å². The Bertz CT molecular complexity index is 615. The molecule has 3 heterocycles. The highest BCUT2D eigenvalue weighted by atomic mass is 127. The van der Waals surface area contributed by atoms with Gasteiger partial charge in [0.25, 0.3) is 5.95 Å². The molecule has 0 amide bonds. The maximum atomic E-state index is 4.42. The zero-order valence-electron chi connectivity index (χ0n) is 7.46. The van der Waals surface area contributed by atoms with Gasteiger partial charge in [0.1, 0.15) is 4.83 Å². The number of thiophene rings is 1. The van der Waals surface area contributed by atoms with Crippen molar-refractivity contribution in [3.8, 4) is 5.95 Å². The van der Waals surface area contributed by atoms with Gasteiger partial charge in [-0.15, -0.1) is 11.3 Å². The molecule has 0 unspecified atom stereocenters. The number of hydrogen-bond donors (Lipinski definition) is 0. The first kappa shape index (κ1) is 9.22. The normalized spacial score (nSPS) is 11.0. The van der Waals surface area contributed by atoms with Crippen LogP contribution in [0.4, 0.5) is 0 Å². The topological polar surface area (TPSA) is 43.6 Å². The van der Waals surface area contributed by atoms with Crippen molar-refractivity contribution in [1.29, 1.82) is 0 Å². The third-order valence-corrected chi connectivity index (χ3v) is 3.33. The second-order valence-corrected chi connectivity index (χ2v) is 5.09. The lowest BCUT2D eigenvalue weighted by molar-refractivity contribution is 0.816. The van der Waals surface area contributed by atoms with E-state index in [4.69, 9.17) is 0 Å². The van der Waals surface area contributed by atoms with E-state index in [1.807, 2.05) is 23.8 Å². The van der Waals surface area contributed by atoms with E-state index < -0.39 is 0 Å². The molecule has 0 fully saturated rings. The van der Waals surface area contributed by atoms with Gasteiger partial charge >= 0.3 is 0 Å². The summed E-state index contributed by atoms with van der Waals surface area (Å²) in [4.78, 5) is 9.67. The van der Waals surface area contributed by atoms with Crippen molar-refractivity contribution in [1.82, 2.24) is 19.7 Å². The van der Waals surface area contributed by atoms with Crippen LogP contribution in [0.5, 0.6) is 0 Å². The quantitative estimate of drug-likeness (QED) is 0.645. The fourth-order valence-electron chi connectivity index (χ4n) is 1.27. The summed E-state index contributed by atoms with van der Waals surface area (Å²) in [5.41, 5.74) is 0. The molecule has 0 bridgehead atoms. The van der Waals surface area contributed by atoms with Gasteiger partial charge in [0.2, 0.25) is 0 Å². The molecule has 0 spiro atoms. The van der Waals surface area contributed by atoms with Crippen LogP contribution in [0.1, 0.15) is 0 Å². The van der Waals surface area contributed by atoms with Crippen LogP contribution >= 0.6 is 33.9 Å². The number of nitrogens with zero attached hydrogens (tertiary/aromatic N) is 4. The highest BCUT2D eigenvalue weighted by Crippen LogP contribution is 2.18. The maximum absolute atomic E-state index is 4.42. The molecule has 0 N–H and O–H groups in total. The summed E-state index contributed by atoms with van der Waals surface area (Å²) in [7, 11) is 0. The van der Waals surface area contributed by atoms with Crippen molar-refractivity contribution >= 4 is 44.1 Å². The molecule has 0 radical (unpaired) electrons. The summed E-state index contributed by atoms with van der Waals surface area (Å²) in [5, 5.41) is 7.25. The Morgan fingerprint density at radius 1 is 1.33 bits per heavy atom. The summed E-state index contributed by atoms with van der Waals surface area (Å²) in [5.74, 6) is 0.618. The molecular weight excluding hydrogens is 323 g/mol. The minimum Gasteiger partial charge on any atom is -0.219 e. The van der Waals surface area contributed by atoms with Gasteiger partial charge in [0, 0.05) is 17.8 Å². The first-order valence-electron chi connectivity index (χ1n) is 4.24. The highest BCUT2D eigenvalue weighted by Gasteiger charge is 2.04. The molecule has 0 atom stereocenters. The zero-order valence-corrected chi connectivity index (χ0v) is 10.4. The predicted molar refractivity (Wildman–Crippen MR) is 67.3 cm³/mol. The smallest absolute Gasteiger partial charge is 0.219 e. The number of rotatable bonds is 1. The van der Waals surface area contributed by atoms with Crippen molar-refractivity contribution in [2.45, 2.75) is 0 Å². The molecular formula is C9H5IN4S. The van der Waals surface area contributed by atoms with Crippen molar-refractivity contribution in [2.75, 3.05) is 0 Å². The van der Waals surface area contributed by atoms with Crippen LogP contribution in [0.2, 0.25) is 0 Å². The average Bonchev–Trinajstić information content (AvgIpc) is 2.84. The summed E-state index contributed by atoms with van der Waals surface area (Å²) >= 11 is 3.82. The minimum atomic E-state index is 0.618. The van der Waals surface area contributed by atoms with Crippen LogP contribution in [0.15, 0.2) is 30.0 Å². The molecule has 0 saturated carbocycles. The standard InChI is InChI=1S/C9H5IN4S/c10-7-4-12-14(5-7)9-11-3-6-1-2-15-8(6)13-9/h1-5H. The van der Waals surface area contributed by atoms with Crippen LogP contribution in [-0.2, 0) is 0 Å². The molecule has 15 heavy (non-hydrogen) atoms. The molecule has 6 heteroatoms. The third kappa shape index (κ3) is 1.63. The Balaban J connectivity index is 2.18. The van der Waals surface area contributed by atoms with Gasteiger partial charge < -0.3 is 0 Å². The third-order valence-electron chi connectivity index (χ3n) is 1.95. The summed E-state index contributed by atoms with van der Waals surface area (Å²) in [6, 6.07) is 2.01. The van der Waals surface area contributed by atoms with Crippen LogP contribution < -0.4 is 0 Å². The number of aromatic nitrogens is 4. The van der Waals surface area contributed by atoms with E-state index in [2.05, 4.69) is 37.7 Å². The monoisotopic (exact) mass is 328 g/mol. The van der Waals surface area contributed by atoms with Gasteiger partial charge in [-0.05, 0) is 34.0 Å². The first-order valence-corrected chi connectivity index (χ1v) is 6.19. The number of hydrogen-bond acceptors (Lipinski definition) is 4. The highest BCUT2D eigenvalue weighted by molar-refractivity contribution is 14.1. The van der Waals surface area contributed by atoms with E-state index in [1.54, 1.807) is 22.2 Å². The van der Waals surface area contributed by atoms with Crippen LogP contribution in [-0.4, -0.2) is 19.7 Å². The fourth-order valence-corrected chi connectivity index (χ4v) is 2.39. The van der Waals surface area contributed by atoms with Gasteiger partial charge in [-0.25, -0.2) is 9.67 Å². The molecule has 0 aromatic carbocycles. The van der Waals surface area contributed by atoms with Gasteiger partial charge in [-0.2, -0.15) is 10.1 Å². The lowest BCUT2D eigenvalue weighted by atomic mass is 10.4. The van der Waals surface area contributed by atoms with Crippen LogP contribution in [0.3, 0.4) is 0 Å². The Morgan fingerprint density at radius 2 is 2.27 bits per heavy atom. The van der Waals surface area contributed by atoms with Gasteiger partial charge in [0.15, 0.2) is 0 Å². The van der Waals surface area contributed by atoms with Crippen molar-refractivity contribution in [3.63, 3.8) is 0 Å². The lowest BCUT2D eigenvalue weighted by Crippen LogP contribution is -2.00. The molecule has 74 valence electrons. The van der Waals surface area contributed by atoms with E-state index >= 15 is 0 Å². The van der Waals surface area contributed by atoms with E-state index in [1.165, 1.54) is 0 Å². The number of fused-ring (bicyclic) bond motifs is 1. The molecule has 0 aliphatic heterocycles. The van der Waals surface area contributed by atoms with E-state index in [-0.39, 0.29) is 0 Å². The molecule has 3 aromatic rings. The predicted octanol–water partition coefficient (Wildman–Crippen LogP) is 2.48. The second kappa shape index (κ2) is 3.53. The number of halogens is 1. The summed E-state index contributed by atoms with van der Waals surface area (Å²) in [6.45, 7) is 0. The Morgan fingerprint density at radius 3 is 3.07 bits per heavy atom. The molecule has 4 nitrogen and oxygen atoms in total. The summed E-state index contributed by atoms with van der Waals surface area (Å²) in [6.07, 6.45) is 5.50. The SMILES string of the molecule is Ic1cnn(-c2ncc3ccsc3n2)c1. The zero-order chi connectivity index (χ0) is 10.3. The van der Waals surface area contributed by atoms with Crippen molar-refractivity contribution < 1.29 is 0 Å². The molecule has 0 aliphatic rings. The average molecular weight is 328 g/mol. The summed E-state index contributed by atoms with van der Waals surface area (Å²) < 4.78 is 2.75. The molecule has 0 aliphatic carbocycles.